The minimum absolute atomic E-state index is 0.115. The van der Waals surface area contributed by atoms with Crippen molar-refractivity contribution in [3.05, 3.63) is 70.2 Å². The molecule has 0 radical (unpaired) electrons. The summed E-state index contributed by atoms with van der Waals surface area (Å²) in [5.74, 6) is 0.115. The summed E-state index contributed by atoms with van der Waals surface area (Å²) in [6.45, 7) is 2.84. The van der Waals surface area contributed by atoms with E-state index in [0.717, 1.165) is 17.1 Å². The van der Waals surface area contributed by atoms with E-state index < -0.39 is 0 Å². The number of halogens is 1. The first-order valence-corrected chi connectivity index (χ1v) is 7.03. The molecule has 0 aliphatic rings. The van der Waals surface area contributed by atoms with Crippen LogP contribution >= 0.6 is 11.6 Å². The second-order valence-corrected chi connectivity index (χ2v) is 5.27. The Bertz CT molecular complexity index is 608. The molecule has 4 N–H and O–H groups in total. The normalized spacial score (nSPS) is 13.1. The van der Waals surface area contributed by atoms with Crippen molar-refractivity contribution in [2.45, 2.75) is 19.5 Å². The zero-order chi connectivity index (χ0) is 15.2. The molecule has 4 nitrogen and oxygen atoms in total. The van der Waals surface area contributed by atoms with E-state index in [0.29, 0.717) is 5.56 Å². The molecule has 0 saturated carbocycles. The number of nitrogens with zero attached hydrogens (tertiary/aromatic N) is 1. The fourth-order valence-corrected chi connectivity index (χ4v) is 2.12. The molecule has 0 aliphatic heterocycles. The van der Waals surface area contributed by atoms with Crippen molar-refractivity contribution in [2.75, 3.05) is 0 Å². The van der Waals surface area contributed by atoms with Gasteiger partial charge >= 0.3 is 0 Å². The van der Waals surface area contributed by atoms with E-state index in [1.807, 2.05) is 48.5 Å². The number of nitrogens with two attached hydrogens (primary N) is 1. The van der Waals surface area contributed by atoms with E-state index in [1.54, 1.807) is 0 Å². The summed E-state index contributed by atoms with van der Waals surface area (Å²) in [4.78, 5) is 0. The highest BCUT2D eigenvalue weighted by Crippen LogP contribution is 2.16. The maximum Gasteiger partial charge on any atom is 0.170 e. The number of benzene rings is 2. The number of rotatable bonds is 5. The zero-order valence-electron chi connectivity index (χ0n) is 11.8. The fourth-order valence-electron chi connectivity index (χ4n) is 1.99. The second-order valence-electron chi connectivity index (χ2n) is 4.84. The first kappa shape index (κ1) is 15.4. The van der Waals surface area contributed by atoms with Crippen LogP contribution in [0.4, 0.5) is 0 Å². The van der Waals surface area contributed by atoms with Gasteiger partial charge in [-0.3, -0.25) is 0 Å². The third kappa shape index (κ3) is 4.21. The molecule has 0 aliphatic carbocycles. The molecule has 0 unspecified atom stereocenters. The van der Waals surface area contributed by atoms with Crippen LogP contribution in [0.15, 0.2) is 53.7 Å². The molecule has 0 aromatic heterocycles. The van der Waals surface area contributed by atoms with Crippen molar-refractivity contribution in [3.63, 3.8) is 0 Å². The summed E-state index contributed by atoms with van der Waals surface area (Å²) in [5.41, 5.74) is 8.55. The van der Waals surface area contributed by atoms with E-state index in [-0.39, 0.29) is 11.9 Å². The highest BCUT2D eigenvalue weighted by atomic mass is 35.5. The first-order valence-electron chi connectivity index (χ1n) is 6.66. The maximum absolute atomic E-state index is 8.62. The van der Waals surface area contributed by atoms with Crippen LogP contribution in [0, 0.1) is 0 Å². The smallest absolute Gasteiger partial charge is 0.170 e. The molecule has 1 atom stereocenters. The van der Waals surface area contributed by atoms with Crippen molar-refractivity contribution in [3.8, 4) is 0 Å². The lowest BCUT2D eigenvalue weighted by molar-refractivity contribution is 0.318. The minimum Gasteiger partial charge on any atom is -0.409 e. The van der Waals surface area contributed by atoms with Crippen molar-refractivity contribution < 1.29 is 5.21 Å². The molecule has 5 heteroatoms. The van der Waals surface area contributed by atoms with Crippen molar-refractivity contribution in [1.82, 2.24) is 5.32 Å². The number of hydrogen-bond donors (Lipinski definition) is 3. The number of amidine groups is 1. The summed E-state index contributed by atoms with van der Waals surface area (Å²) < 4.78 is 0. The molecular formula is C16H18ClN3O. The van der Waals surface area contributed by atoms with Crippen LogP contribution in [0.3, 0.4) is 0 Å². The van der Waals surface area contributed by atoms with Crippen LogP contribution < -0.4 is 11.1 Å². The van der Waals surface area contributed by atoms with Crippen LogP contribution in [-0.2, 0) is 6.54 Å². The number of oxime groups is 1. The zero-order valence-corrected chi connectivity index (χ0v) is 12.5. The lowest BCUT2D eigenvalue weighted by Gasteiger charge is -2.14. The monoisotopic (exact) mass is 303 g/mol. The van der Waals surface area contributed by atoms with Gasteiger partial charge < -0.3 is 16.3 Å². The van der Waals surface area contributed by atoms with Crippen LogP contribution in [-0.4, -0.2) is 11.0 Å². The predicted molar refractivity (Wildman–Crippen MR) is 85.7 cm³/mol. The molecule has 0 saturated heterocycles. The third-order valence-corrected chi connectivity index (χ3v) is 3.59. The Morgan fingerprint density at radius 1 is 1.19 bits per heavy atom. The quantitative estimate of drug-likeness (QED) is 0.343. The lowest BCUT2D eigenvalue weighted by atomic mass is 10.1. The summed E-state index contributed by atoms with van der Waals surface area (Å²) >= 11 is 5.88. The molecule has 2 aromatic rings. The van der Waals surface area contributed by atoms with Gasteiger partial charge in [-0.2, -0.15) is 0 Å². The lowest BCUT2D eigenvalue weighted by Crippen LogP contribution is -2.18. The average Bonchev–Trinajstić information content (AvgIpc) is 2.53. The largest absolute Gasteiger partial charge is 0.409 e. The van der Waals surface area contributed by atoms with E-state index in [9.17, 15) is 0 Å². The standard InChI is InChI=1S/C16H18ClN3O/c1-11(13-6-8-15(17)9-7-13)19-10-12-2-4-14(5-3-12)16(18)20-21/h2-9,11,19,21H,10H2,1H3,(H2,18,20)/t11-/m0/s1. The van der Waals surface area contributed by atoms with Crippen LogP contribution in [0.1, 0.15) is 29.7 Å². The summed E-state index contributed by atoms with van der Waals surface area (Å²) in [6.07, 6.45) is 0. The van der Waals surface area contributed by atoms with Crippen molar-refractivity contribution in [1.29, 1.82) is 0 Å². The molecule has 110 valence electrons. The van der Waals surface area contributed by atoms with Gasteiger partial charge in [0.05, 0.1) is 0 Å². The Hall–Kier alpha value is -2.04. The van der Waals surface area contributed by atoms with Gasteiger partial charge in [0.25, 0.3) is 0 Å². The Kier molecular flexibility index (Phi) is 5.20. The highest BCUT2D eigenvalue weighted by molar-refractivity contribution is 6.30. The van der Waals surface area contributed by atoms with Gasteiger partial charge in [-0.25, -0.2) is 0 Å². The van der Waals surface area contributed by atoms with Crippen LogP contribution in [0.25, 0.3) is 0 Å². The molecule has 0 heterocycles. The number of nitrogens with one attached hydrogen (secondary N) is 1. The minimum atomic E-state index is 0.115. The first-order chi connectivity index (χ1) is 10.1. The molecule has 2 aromatic carbocycles. The van der Waals surface area contributed by atoms with E-state index in [1.165, 1.54) is 5.56 Å². The summed E-state index contributed by atoms with van der Waals surface area (Å²) in [5, 5.41) is 15.8. The van der Waals surface area contributed by atoms with E-state index in [2.05, 4.69) is 17.4 Å². The second kappa shape index (κ2) is 7.11. The average molecular weight is 304 g/mol. The molecule has 0 spiro atoms. The van der Waals surface area contributed by atoms with Gasteiger partial charge in [0.1, 0.15) is 0 Å². The van der Waals surface area contributed by atoms with E-state index in [4.69, 9.17) is 22.5 Å². The van der Waals surface area contributed by atoms with E-state index >= 15 is 0 Å². The molecular weight excluding hydrogens is 286 g/mol. The Morgan fingerprint density at radius 2 is 1.81 bits per heavy atom. The number of hydrogen-bond acceptors (Lipinski definition) is 3. The van der Waals surface area contributed by atoms with Gasteiger partial charge in [0.2, 0.25) is 0 Å². The Morgan fingerprint density at radius 3 is 2.38 bits per heavy atom. The molecule has 2 rings (SSSR count). The fraction of sp³-hybridized carbons (Fsp3) is 0.188. The summed E-state index contributed by atoms with van der Waals surface area (Å²) in [7, 11) is 0. The van der Waals surface area contributed by atoms with Crippen molar-refractivity contribution >= 4 is 17.4 Å². The molecule has 21 heavy (non-hydrogen) atoms. The Balaban J connectivity index is 1.95. The summed E-state index contributed by atoms with van der Waals surface area (Å²) in [6, 6.07) is 15.6. The Labute approximate surface area is 129 Å². The predicted octanol–water partition coefficient (Wildman–Crippen LogP) is 3.29. The van der Waals surface area contributed by atoms with Crippen LogP contribution in [0.2, 0.25) is 5.02 Å². The van der Waals surface area contributed by atoms with Gasteiger partial charge in [0.15, 0.2) is 5.84 Å². The topological polar surface area (TPSA) is 70.6 Å². The van der Waals surface area contributed by atoms with Crippen molar-refractivity contribution in [2.24, 2.45) is 10.9 Å². The molecule has 0 bridgehead atoms. The molecule has 0 fully saturated rings. The van der Waals surface area contributed by atoms with Gasteiger partial charge in [0, 0.05) is 23.2 Å². The third-order valence-electron chi connectivity index (χ3n) is 3.34. The van der Waals surface area contributed by atoms with Gasteiger partial charge in [-0.15, -0.1) is 0 Å². The van der Waals surface area contributed by atoms with Gasteiger partial charge in [-0.05, 0) is 30.2 Å². The SMILES string of the molecule is C[C@H](NCc1ccc(/C(N)=N/O)cc1)c1ccc(Cl)cc1. The highest BCUT2D eigenvalue weighted by Gasteiger charge is 2.05. The van der Waals surface area contributed by atoms with Gasteiger partial charge in [-0.1, -0.05) is 53.2 Å². The van der Waals surface area contributed by atoms with Crippen LogP contribution in [0.5, 0.6) is 0 Å². The molecule has 0 amide bonds. The maximum atomic E-state index is 8.62.